The van der Waals surface area contributed by atoms with E-state index in [0.717, 1.165) is 56.2 Å². The molecule has 1 aliphatic carbocycles. The Morgan fingerprint density at radius 3 is 2.35 bits per heavy atom. The molecule has 1 unspecified atom stereocenters. The van der Waals surface area contributed by atoms with Gasteiger partial charge in [0.1, 0.15) is 0 Å². The second-order valence-electron chi connectivity index (χ2n) is 7.28. The Labute approximate surface area is 158 Å². The first-order chi connectivity index (χ1) is 11.9. The van der Waals surface area contributed by atoms with Crippen LogP contribution in [0.15, 0.2) is 24.3 Å². The fourth-order valence-electron chi connectivity index (χ4n) is 4.13. The average Bonchev–Trinajstić information content (AvgIpc) is 2.99. The maximum absolute atomic E-state index is 12.8. The van der Waals surface area contributed by atoms with E-state index in [0.29, 0.717) is 13.0 Å². The average molecular weight is 391 g/mol. The molecule has 2 N–H and O–H groups in total. The second-order valence-corrected chi connectivity index (χ2v) is 7.28. The van der Waals surface area contributed by atoms with Gasteiger partial charge in [0.15, 0.2) is 0 Å². The summed E-state index contributed by atoms with van der Waals surface area (Å²) in [4.78, 5) is 14.7. The molecule has 1 heterocycles. The van der Waals surface area contributed by atoms with Gasteiger partial charge in [0.2, 0.25) is 5.91 Å². The van der Waals surface area contributed by atoms with Crippen LogP contribution >= 0.6 is 12.4 Å². The number of halogens is 4. The Hall–Kier alpha value is -1.27. The summed E-state index contributed by atoms with van der Waals surface area (Å²) in [7, 11) is 0. The van der Waals surface area contributed by atoms with Crippen LogP contribution < -0.4 is 5.73 Å². The third-order valence-electron chi connectivity index (χ3n) is 5.60. The summed E-state index contributed by atoms with van der Waals surface area (Å²) in [5, 5.41) is 0. The molecule has 0 spiro atoms. The number of alkyl halides is 3. The molecule has 146 valence electrons. The van der Waals surface area contributed by atoms with Crippen LogP contribution in [0.25, 0.3) is 0 Å². The zero-order chi connectivity index (χ0) is 18.0. The SMILES string of the molecule is Cl.N[C@@H]1CCC[C@H]1CC(=O)N1CCCCC1c1ccc(C(F)(F)F)cc1. The van der Waals surface area contributed by atoms with Crippen molar-refractivity contribution in [2.75, 3.05) is 6.54 Å². The number of piperidine rings is 1. The minimum absolute atomic E-state index is 0. The lowest BCUT2D eigenvalue weighted by Gasteiger charge is -2.37. The van der Waals surface area contributed by atoms with E-state index in [4.69, 9.17) is 5.73 Å². The van der Waals surface area contributed by atoms with E-state index in [-0.39, 0.29) is 36.3 Å². The zero-order valence-corrected chi connectivity index (χ0v) is 15.5. The molecule has 3 nitrogen and oxygen atoms in total. The van der Waals surface area contributed by atoms with Crippen LogP contribution in [0.1, 0.15) is 62.1 Å². The summed E-state index contributed by atoms with van der Waals surface area (Å²) in [6.07, 6.45) is 1.89. The second kappa shape index (κ2) is 8.61. The molecule has 0 aromatic heterocycles. The van der Waals surface area contributed by atoms with E-state index < -0.39 is 11.7 Å². The van der Waals surface area contributed by atoms with Crippen molar-refractivity contribution in [2.45, 2.75) is 63.2 Å². The van der Waals surface area contributed by atoms with Crippen molar-refractivity contribution in [3.8, 4) is 0 Å². The van der Waals surface area contributed by atoms with Gasteiger partial charge in [-0.25, -0.2) is 0 Å². The molecule has 1 saturated carbocycles. The monoisotopic (exact) mass is 390 g/mol. The quantitative estimate of drug-likeness (QED) is 0.813. The number of carbonyl (C=O) groups is 1. The van der Waals surface area contributed by atoms with Gasteiger partial charge < -0.3 is 10.6 Å². The van der Waals surface area contributed by atoms with Gasteiger partial charge in [-0.3, -0.25) is 4.79 Å². The van der Waals surface area contributed by atoms with Gasteiger partial charge >= 0.3 is 6.18 Å². The number of amides is 1. The molecule has 0 radical (unpaired) electrons. The van der Waals surface area contributed by atoms with E-state index in [9.17, 15) is 18.0 Å². The van der Waals surface area contributed by atoms with Gasteiger partial charge in [-0.1, -0.05) is 18.6 Å². The molecule has 1 saturated heterocycles. The van der Waals surface area contributed by atoms with E-state index in [1.165, 1.54) is 12.1 Å². The Morgan fingerprint density at radius 2 is 1.77 bits per heavy atom. The largest absolute Gasteiger partial charge is 0.416 e. The van der Waals surface area contributed by atoms with Gasteiger partial charge in [-0.05, 0) is 55.7 Å². The molecule has 1 aromatic carbocycles. The van der Waals surface area contributed by atoms with Gasteiger partial charge in [-0.15, -0.1) is 12.4 Å². The number of likely N-dealkylation sites (tertiary alicyclic amines) is 1. The summed E-state index contributed by atoms with van der Waals surface area (Å²) >= 11 is 0. The van der Waals surface area contributed by atoms with Gasteiger partial charge in [0.25, 0.3) is 0 Å². The predicted octanol–water partition coefficient (Wildman–Crippen LogP) is 4.70. The molecule has 26 heavy (non-hydrogen) atoms. The molecular formula is C19H26ClF3N2O. The molecule has 3 rings (SSSR count). The van der Waals surface area contributed by atoms with Crippen LogP contribution in [0.3, 0.4) is 0 Å². The van der Waals surface area contributed by atoms with E-state index >= 15 is 0 Å². The van der Waals surface area contributed by atoms with Crippen LogP contribution in [0.4, 0.5) is 13.2 Å². The summed E-state index contributed by atoms with van der Waals surface area (Å²) < 4.78 is 38.3. The predicted molar refractivity (Wildman–Crippen MR) is 96.9 cm³/mol. The fourth-order valence-corrected chi connectivity index (χ4v) is 4.13. The third kappa shape index (κ3) is 4.71. The summed E-state index contributed by atoms with van der Waals surface area (Å²) in [6, 6.07) is 5.22. The first-order valence-electron chi connectivity index (χ1n) is 9.08. The smallest absolute Gasteiger partial charge is 0.336 e. The van der Waals surface area contributed by atoms with Crippen molar-refractivity contribution >= 4 is 18.3 Å². The summed E-state index contributed by atoms with van der Waals surface area (Å²) in [6.45, 7) is 0.673. The number of benzene rings is 1. The molecule has 7 heteroatoms. The highest BCUT2D eigenvalue weighted by molar-refractivity contribution is 5.85. The number of nitrogens with two attached hydrogens (primary N) is 1. The first kappa shape index (κ1) is 21.0. The lowest BCUT2D eigenvalue weighted by atomic mass is 9.92. The minimum Gasteiger partial charge on any atom is -0.336 e. The topological polar surface area (TPSA) is 46.3 Å². The Bertz CT molecular complexity index is 606. The minimum atomic E-state index is -4.33. The highest BCUT2D eigenvalue weighted by atomic mass is 35.5. The van der Waals surface area contributed by atoms with Crippen LogP contribution in [0.2, 0.25) is 0 Å². The molecule has 2 fully saturated rings. The van der Waals surface area contributed by atoms with Crippen LogP contribution in [0, 0.1) is 5.92 Å². The molecule has 1 aliphatic heterocycles. The van der Waals surface area contributed by atoms with Crippen molar-refractivity contribution in [3.05, 3.63) is 35.4 Å². The molecule has 1 amide bonds. The zero-order valence-electron chi connectivity index (χ0n) is 14.7. The van der Waals surface area contributed by atoms with Gasteiger partial charge in [-0.2, -0.15) is 13.2 Å². The Balaban J connectivity index is 0.00000243. The number of rotatable bonds is 3. The van der Waals surface area contributed by atoms with E-state index in [1.54, 1.807) is 0 Å². The highest BCUT2D eigenvalue weighted by Crippen LogP contribution is 2.36. The first-order valence-corrected chi connectivity index (χ1v) is 9.08. The molecule has 1 aromatic rings. The number of hydrogen-bond acceptors (Lipinski definition) is 2. The third-order valence-corrected chi connectivity index (χ3v) is 5.60. The molecule has 3 atom stereocenters. The van der Waals surface area contributed by atoms with E-state index in [2.05, 4.69) is 0 Å². The van der Waals surface area contributed by atoms with Crippen molar-refractivity contribution in [1.29, 1.82) is 0 Å². The molecular weight excluding hydrogens is 365 g/mol. The van der Waals surface area contributed by atoms with Crippen molar-refractivity contribution in [1.82, 2.24) is 4.90 Å². The highest BCUT2D eigenvalue weighted by Gasteiger charge is 2.34. The van der Waals surface area contributed by atoms with Crippen LogP contribution in [0.5, 0.6) is 0 Å². The van der Waals surface area contributed by atoms with Crippen molar-refractivity contribution in [3.63, 3.8) is 0 Å². The Morgan fingerprint density at radius 1 is 1.08 bits per heavy atom. The van der Waals surface area contributed by atoms with Crippen molar-refractivity contribution in [2.24, 2.45) is 11.7 Å². The maximum atomic E-state index is 12.8. The van der Waals surface area contributed by atoms with Gasteiger partial charge in [0.05, 0.1) is 11.6 Å². The number of hydrogen-bond donors (Lipinski definition) is 1. The normalized spacial score (nSPS) is 26.5. The molecule has 2 aliphatic rings. The fraction of sp³-hybridized carbons (Fsp3) is 0.632. The molecule has 0 bridgehead atoms. The maximum Gasteiger partial charge on any atom is 0.416 e. The standard InChI is InChI=1S/C19H25F3N2O.ClH/c20-19(21,22)15-9-7-13(8-10-15)17-6-1-2-11-24(17)18(25)12-14-4-3-5-16(14)23;/h7-10,14,16-17H,1-6,11-12,23H2;1H/t14-,16+,17?;/m0./s1. The van der Waals surface area contributed by atoms with Crippen LogP contribution in [-0.4, -0.2) is 23.4 Å². The van der Waals surface area contributed by atoms with E-state index in [1.807, 2.05) is 4.90 Å². The summed E-state index contributed by atoms with van der Waals surface area (Å²) in [5.74, 6) is 0.328. The van der Waals surface area contributed by atoms with Crippen LogP contribution in [-0.2, 0) is 11.0 Å². The summed E-state index contributed by atoms with van der Waals surface area (Å²) in [5.41, 5.74) is 6.22. The number of carbonyl (C=O) groups excluding carboxylic acids is 1. The van der Waals surface area contributed by atoms with Crippen molar-refractivity contribution < 1.29 is 18.0 Å². The number of nitrogens with zero attached hydrogens (tertiary/aromatic N) is 1. The Kier molecular flexibility index (Phi) is 6.97. The lowest BCUT2D eigenvalue weighted by Crippen LogP contribution is -2.40. The van der Waals surface area contributed by atoms with Gasteiger partial charge in [0, 0.05) is 19.0 Å². The lowest BCUT2D eigenvalue weighted by molar-refractivity contribution is -0.138.